The summed E-state index contributed by atoms with van der Waals surface area (Å²) < 4.78 is 36.5. The number of nitrogens with two attached hydrogens (primary N) is 1. The number of halogens is 2. The molecule has 1 spiro atoms. The van der Waals surface area contributed by atoms with Crippen LogP contribution in [0.4, 0.5) is 14.6 Å². The number of nitrogens with zero attached hydrogens (tertiary/aromatic N) is 5. The van der Waals surface area contributed by atoms with Crippen molar-refractivity contribution in [2.45, 2.75) is 81.6 Å². The maximum atomic E-state index is 16.1. The van der Waals surface area contributed by atoms with Crippen molar-refractivity contribution >= 4 is 23.3 Å². The van der Waals surface area contributed by atoms with Gasteiger partial charge in [0.15, 0.2) is 17.3 Å². The number of piperazine rings is 1. The second-order valence-electron chi connectivity index (χ2n) is 12.3. The number of anilines is 1. The number of alkyl halides is 1. The topological polar surface area (TPSA) is 130 Å². The number of nitrogen functional groups attached to an aromatic ring is 1. The third-order valence-electron chi connectivity index (χ3n) is 9.76. The Labute approximate surface area is 244 Å². The van der Waals surface area contributed by atoms with Crippen molar-refractivity contribution in [3.05, 3.63) is 23.8 Å². The number of aromatic nitrogens is 3. The number of rotatable bonds is 4. The molecule has 2 amide bonds. The molecule has 230 valence electrons. The van der Waals surface area contributed by atoms with Crippen molar-refractivity contribution in [1.82, 2.24) is 35.0 Å². The van der Waals surface area contributed by atoms with Gasteiger partial charge in [0.05, 0.1) is 37.0 Å². The Kier molecular flexibility index (Phi) is 8.60. The van der Waals surface area contributed by atoms with Crippen molar-refractivity contribution < 1.29 is 23.1 Å². The minimum Gasteiger partial charge on any atom is -0.381 e. The summed E-state index contributed by atoms with van der Waals surface area (Å²) in [5, 5.41) is 10.9. The molecule has 4 aliphatic rings. The third kappa shape index (κ3) is 5.70. The lowest BCUT2D eigenvalue weighted by Gasteiger charge is -2.54. The highest BCUT2D eigenvalue weighted by atomic mass is 19.1. The molecule has 6 rings (SSSR count). The van der Waals surface area contributed by atoms with E-state index in [2.05, 4.69) is 25.6 Å². The summed E-state index contributed by atoms with van der Waals surface area (Å²) in [7, 11) is 0. The maximum absolute atomic E-state index is 16.1. The van der Waals surface area contributed by atoms with Gasteiger partial charge < -0.3 is 26.0 Å². The largest absolute Gasteiger partial charge is 0.381 e. The fourth-order valence-electron chi connectivity index (χ4n) is 7.52. The number of ether oxygens (including phenoxy) is 1. The molecule has 11 nitrogen and oxygen atoms in total. The van der Waals surface area contributed by atoms with Crippen molar-refractivity contribution in [3.8, 4) is 0 Å². The van der Waals surface area contributed by atoms with Gasteiger partial charge in [-0.05, 0) is 19.3 Å². The number of hydrogen-bond acceptors (Lipinski definition) is 8. The number of carbonyl (C=O) groups is 2. The number of piperidine rings is 1. The predicted octanol–water partition coefficient (Wildman–Crippen LogP) is 1.91. The number of nitrogens with one attached hydrogen (secondary N) is 2. The van der Waals surface area contributed by atoms with E-state index in [1.807, 2.05) is 4.90 Å². The molecule has 2 aromatic heterocycles. The minimum absolute atomic E-state index is 0.0575. The molecule has 4 fully saturated rings. The number of fused-ring (bicyclic) bond motifs is 1. The lowest BCUT2D eigenvalue weighted by molar-refractivity contribution is -0.138. The summed E-state index contributed by atoms with van der Waals surface area (Å²) >= 11 is 0. The molecule has 3 aliphatic heterocycles. The summed E-state index contributed by atoms with van der Waals surface area (Å²) in [6.45, 7) is 3.34. The van der Waals surface area contributed by atoms with Gasteiger partial charge >= 0.3 is 0 Å². The zero-order valence-corrected chi connectivity index (χ0v) is 24.1. The summed E-state index contributed by atoms with van der Waals surface area (Å²) in [4.78, 5) is 35.1. The molecular formula is C29H42F2N8O3. The zero-order chi connectivity index (χ0) is 29.3. The second kappa shape index (κ2) is 12.4. The van der Waals surface area contributed by atoms with Gasteiger partial charge in [0, 0.05) is 44.9 Å². The van der Waals surface area contributed by atoms with E-state index in [-0.39, 0.29) is 35.4 Å². The van der Waals surface area contributed by atoms with Crippen LogP contribution in [0.3, 0.4) is 0 Å². The third-order valence-corrected chi connectivity index (χ3v) is 9.76. The van der Waals surface area contributed by atoms with Crippen LogP contribution in [0.25, 0.3) is 5.65 Å². The quantitative estimate of drug-likeness (QED) is 0.494. The molecule has 42 heavy (non-hydrogen) atoms. The summed E-state index contributed by atoms with van der Waals surface area (Å²) in [6, 6.07) is -1.15. The van der Waals surface area contributed by atoms with E-state index in [0.717, 1.165) is 61.9 Å². The molecule has 13 heteroatoms. The maximum Gasteiger partial charge on any atom is 0.259 e. The van der Waals surface area contributed by atoms with Crippen LogP contribution in [0, 0.1) is 11.7 Å². The van der Waals surface area contributed by atoms with E-state index in [1.165, 1.54) is 12.8 Å². The normalized spacial score (nSPS) is 29.2. The van der Waals surface area contributed by atoms with Crippen molar-refractivity contribution in [2.24, 2.45) is 5.92 Å². The average Bonchev–Trinajstić information content (AvgIpc) is 3.65. The van der Waals surface area contributed by atoms with Crippen molar-refractivity contribution in [3.63, 3.8) is 0 Å². The molecule has 2 aromatic rings. The first-order chi connectivity index (χ1) is 20.4. The molecule has 4 atom stereocenters. The van der Waals surface area contributed by atoms with E-state index in [1.54, 1.807) is 0 Å². The van der Waals surface area contributed by atoms with E-state index in [9.17, 15) is 14.0 Å². The van der Waals surface area contributed by atoms with Crippen LogP contribution >= 0.6 is 0 Å². The molecule has 4 N–H and O–H groups in total. The van der Waals surface area contributed by atoms with E-state index in [4.69, 9.17) is 10.5 Å². The highest BCUT2D eigenvalue weighted by Crippen LogP contribution is 2.37. The first kappa shape index (κ1) is 29.2. The van der Waals surface area contributed by atoms with Gasteiger partial charge in [0.25, 0.3) is 5.91 Å². The Hall–Kier alpha value is -2.90. The number of carbonyl (C=O) groups excluding carboxylic acids is 2. The monoisotopic (exact) mass is 588 g/mol. The fraction of sp³-hybridized carbons (Fsp3) is 0.724. The Morgan fingerprint density at radius 3 is 2.50 bits per heavy atom. The van der Waals surface area contributed by atoms with Crippen LogP contribution in [0.5, 0.6) is 0 Å². The molecule has 4 unspecified atom stereocenters. The SMILES string of the molecule is Nc1nn2cc(F)cnc2c1C(=O)NC1C(N2CCN(C(=O)C3CCOC3)CC2)C(F)CNC12CCCCCCCC2. The molecule has 3 saturated heterocycles. The highest BCUT2D eigenvalue weighted by Gasteiger charge is 2.52. The second-order valence-corrected chi connectivity index (χ2v) is 12.3. The van der Waals surface area contributed by atoms with E-state index < -0.39 is 35.5 Å². The molecule has 0 aromatic carbocycles. The van der Waals surface area contributed by atoms with Crippen LogP contribution in [-0.4, -0.2) is 106 Å². The standard InChI is InChI=1S/C29H42F2N8O3/c30-20-15-33-26-22(25(32)36-39(26)17-20)27(40)35-24-23(21(31)16-34-29(24)8-5-3-1-2-4-6-9-29)37-10-12-38(13-11-37)28(41)19-7-14-42-18-19/h15,17,19,21,23-24,34H,1-14,16,18H2,(H2,32,36)(H,35,40). The van der Waals surface area contributed by atoms with Gasteiger partial charge in [0.1, 0.15) is 11.7 Å². The molecular weight excluding hydrogens is 546 g/mol. The van der Waals surface area contributed by atoms with Gasteiger partial charge in [-0.15, -0.1) is 5.10 Å². The van der Waals surface area contributed by atoms with Crippen LogP contribution < -0.4 is 16.4 Å². The zero-order valence-electron chi connectivity index (χ0n) is 24.1. The number of amides is 2. The average molecular weight is 589 g/mol. The smallest absolute Gasteiger partial charge is 0.259 e. The van der Waals surface area contributed by atoms with Crippen LogP contribution in [0.15, 0.2) is 12.4 Å². The van der Waals surface area contributed by atoms with Crippen molar-refractivity contribution in [1.29, 1.82) is 0 Å². The first-order valence-electron chi connectivity index (χ1n) is 15.5. The molecule has 0 bridgehead atoms. The van der Waals surface area contributed by atoms with E-state index >= 15 is 4.39 Å². The fourth-order valence-corrected chi connectivity index (χ4v) is 7.52. The van der Waals surface area contributed by atoms with Crippen LogP contribution in [0.2, 0.25) is 0 Å². The van der Waals surface area contributed by atoms with Crippen molar-refractivity contribution in [2.75, 3.05) is 51.7 Å². The van der Waals surface area contributed by atoms with E-state index in [0.29, 0.717) is 39.4 Å². The molecule has 1 aliphatic carbocycles. The van der Waals surface area contributed by atoms with Gasteiger partial charge in [-0.25, -0.2) is 18.3 Å². The lowest BCUT2D eigenvalue weighted by atomic mass is 9.73. The number of hydrogen-bond donors (Lipinski definition) is 3. The Morgan fingerprint density at radius 2 is 1.81 bits per heavy atom. The predicted molar refractivity (Wildman–Crippen MR) is 152 cm³/mol. The summed E-state index contributed by atoms with van der Waals surface area (Å²) in [5.41, 5.74) is 5.85. The van der Waals surface area contributed by atoms with Gasteiger partial charge in [-0.3, -0.25) is 14.5 Å². The Bertz CT molecular complexity index is 1270. The van der Waals surface area contributed by atoms with Gasteiger partial charge in [-0.2, -0.15) is 0 Å². The van der Waals surface area contributed by atoms with Gasteiger partial charge in [-0.1, -0.05) is 38.5 Å². The summed E-state index contributed by atoms with van der Waals surface area (Å²) in [6.07, 6.45) is 9.78. The Morgan fingerprint density at radius 1 is 1.10 bits per heavy atom. The molecule has 5 heterocycles. The minimum atomic E-state index is -1.23. The highest BCUT2D eigenvalue weighted by molar-refractivity contribution is 6.04. The summed E-state index contributed by atoms with van der Waals surface area (Å²) in [5.74, 6) is -1.15. The van der Waals surface area contributed by atoms with Crippen LogP contribution in [0.1, 0.15) is 68.1 Å². The lowest BCUT2D eigenvalue weighted by Crippen LogP contribution is -2.76. The first-order valence-corrected chi connectivity index (χ1v) is 15.5. The molecule has 0 radical (unpaired) electrons. The molecule has 1 saturated carbocycles. The van der Waals surface area contributed by atoms with Crippen LogP contribution in [-0.2, 0) is 9.53 Å². The van der Waals surface area contributed by atoms with Gasteiger partial charge in [0.2, 0.25) is 5.91 Å². The Balaban J connectivity index is 1.29.